The Morgan fingerprint density at radius 1 is 1.00 bits per heavy atom. The van der Waals surface area contributed by atoms with Crippen molar-refractivity contribution >= 4 is 24.6 Å². The Hall–Kier alpha value is -1.49. The summed E-state index contributed by atoms with van der Waals surface area (Å²) in [5.74, 6) is 2.22. The maximum absolute atomic E-state index is 13.3. The summed E-state index contributed by atoms with van der Waals surface area (Å²) in [5, 5.41) is -0.343. The van der Waals surface area contributed by atoms with Gasteiger partial charge in [0.2, 0.25) is 0 Å². The van der Waals surface area contributed by atoms with E-state index in [4.69, 9.17) is 0 Å². The number of rotatable bonds is 5. The summed E-state index contributed by atoms with van der Waals surface area (Å²) in [7, 11) is 0. The number of carbonyl (C=O) groups is 2. The van der Waals surface area contributed by atoms with E-state index in [-0.39, 0.29) is 29.4 Å². The van der Waals surface area contributed by atoms with Crippen LogP contribution in [0.4, 0.5) is 4.79 Å². The van der Waals surface area contributed by atoms with Crippen LogP contribution in [0, 0.1) is 17.8 Å². The lowest BCUT2D eigenvalue weighted by Crippen LogP contribution is -2.61. The number of hydrogen-bond acceptors (Lipinski definition) is 3. The van der Waals surface area contributed by atoms with Gasteiger partial charge < -0.3 is 4.90 Å². The van der Waals surface area contributed by atoms with Gasteiger partial charge in [-0.2, -0.15) is 12.6 Å². The normalized spacial score (nSPS) is 36.0. The number of hydrogen-bond donors (Lipinski definition) is 1. The lowest BCUT2D eigenvalue weighted by Gasteiger charge is -2.59. The molecular weight excluding hydrogens is 356 g/mol. The molecule has 1 atom stereocenters. The van der Waals surface area contributed by atoms with E-state index in [2.05, 4.69) is 24.8 Å². The SMILES string of the molecule is O=C1CN(C23CC4CC(CC(C4)C2)C3)C(=O)N1C(S)CCc1ccccc1. The Kier molecular flexibility index (Phi) is 4.26. The first-order valence-electron chi connectivity index (χ1n) is 10.4. The van der Waals surface area contributed by atoms with Gasteiger partial charge in [-0.3, -0.25) is 9.69 Å². The molecule has 4 bridgehead atoms. The molecule has 5 heteroatoms. The summed E-state index contributed by atoms with van der Waals surface area (Å²) in [6.45, 7) is 0.257. The summed E-state index contributed by atoms with van der Waals surface area (Å²) >= 11 is 4.65. The lowest BCUT2D eigenvalue weighted by molar-refractivity contribution is -0.127. The Morgan fingerprint density at radius 2 is 1.59 bits per heavy atom. The third-order valence-corrected chi connectivity index (χ3v) is 7.90. The fourth-order valence-corrected chi connectivity index (χ4v) is 7.00. The van der Waals surface area contributed by atoms with E-state index >= 15 is 0 Å². The Bertz CT molecular complexity index is 715. The van der Waals surface area contributed by atoms with E-state index in [1.165, 1.54) is 29.7 Å². The highest BCUT2D eigenvalue weighted by atomic mass is 32.1. The molecule has 5 aliphatic rings. The summed E-state index contributed by atoms with van der Waals surface area (Å²) in [6, 6.07) is 10.1. The zero-order valence-corrected chi connectivity index (χ0v) is 16.6. The van der Waals surface area contributed by atoms with Gasteiger partial charge in [0.05, 0.1) is 5.37 Å². The smallest absolute Gasteiger partial charge is 0.309 e. The maximum Gasteiger partial charge on any atom is 0.328 e. The van der Waals surface area contributed by atoms with Crippen molar-refractivity contribution in [1.82, 2.24) is 9.80 Å². The molecule has 144 valence electrons. The van der Waals surface area contributed by atoms with Crippen LogP contribution in [0.2, 0.25) is 0 Å². The molecule has 1 saturated heterocycles. The summed E-state index contributed by atoms with van der Waals surface area (Å²) in [4.78, 5) is 29.4. The van der Waals surface area contributed by atoms with Gasteiger partial charge in [0.25, 0.3) is 5.91 Å². The second kappa shape index (κ2) is 6.54. The van der Waals surface area contributed by atoms with Crippen LogP contribution in [0.5, 0.6) is 0 Å². The molecule has 1 aliphatic heterocycles. The van der Waals surface area contributed by atoms with Crippen LogP contribution in [0.25, 0.3) is 0 Å². The van der Waals surface area contributed by atoms with Crippen LogP contribution in [-0.4, -0.2) is 39.2 Å². The van der Waals surface area contributed by atoms with Gasteiger partial charge in [-0.15, -0.1) is 0 Å². The van der Waals surface area contributed by atoms with Crippen molar-refractivity contribution < 1.29 is 9.59 Å². The van der Waals surface area contributed by atoms with Crippen LogP contribution in [0.3, 0.4) is 0 Å². The molecule has 0 spiro atoms. The first-order valence-corrected chi connectivity index (χ1v) is 10.9. The lowest BCUT2D eigenvalue weighted by atomic mass is 9.52. The van der Waals surface area contributed by atoms with Crippen molar-refractivity contribution in [3.05, 3.63) is 35.9 Å². The van der Waals surface area contributed by atoms with Crippen molar-refractivity contribution in [1.29, 1.82) is 0 Å². The molecule has 1 heterocycles. The van der Waals surface area contributed by atoms with Crippen molar-refractivity contribution in [3.63, 3.8) is 0 Å². The molecule has 3 amide bonds. The molecule has 4 nitrogen and oxygen atoms in total. The van der Waals surface area contributed by atoms with Crippen molar-refractivity contribution in [2.45, 2.75) is 62.3 Å². The van der Waals surface area contributed by atoms with E-state index in [0.29, 0.717) is 6.42 Å². The first kappa shape index (κ1) is 17.6. The fraction of sp³-hybridized carbons (Fsp3) is 0.636. The molecule has 0 radical (unpaired) electrons. The Balaban J connectivity index is 1.30. The molecule has 1 aromatic carbocycles. The highest BCUT2D eigenvalue weighted by Gasteiger charge is 2.58. The van der Waals surface area contributed by atoms with Gasteiger partial charge in [0, 0.05) is 5.54 Å². The predicted octanol–water partition coefficient (Wildman–Crippen LogP) is 4.11. The molecule has 0 N–H and O–H groups in total. The number of thiol groups is 1. The molecule has 5 fully saturated rings. The zero-order chi connectivity index (χ0) is 18.6. The number of benzene rings is 1. The van der Waals surface area contributed by atoms with Crippen LogP contribution < -0.4 is 0 Å². The number of amides is 3. The largest absolute Gasteiger partial charge is 0.328 e. The fourth-order valence-electron chi connectivity index (χ4n) is 6.65. The van der Waals surface area contributed by atoms with Gasteiger partial charge in [-0.25, -0.2) is 4.79 Å². The van der Waals surface area contributed by atoms with Crippen LogP contribution in [0.15, 0.2) is 30.3 Å². The number of aryl methyl sites for hydroxylation is 1. The van der Waals surface area contributed by atoms with Crippen LogP contribution in [-0.2, 0) is 11.2 Å². The molecular formula is C22H28N2O2S. The molecule has 0 aromatic heterocycles. The average molecular weight is 385 g/mol. The Morgan fingerprint density at radius 3 is 2.19 bits per heavy atom. The van der Waals surface area contributed by atoms with E-state index in [0.717, 1.165) is 43.4 Å². The highest BCUT2D eigenvalue weighted by molar-refractivity contribution is 7.80. The van der Waals surface area contributed by atoms with Crippen molar-refractivity contribution in [2.24, 2.45) is 17.8 Å². The minimum Gasteiger partial charge on any atom is -0.309 e. The number of carbonyl (C=O) groups excluding carboxylic acids is 2. The number of imide groups is 1. The summed E-state index contributed by atoms with van der Waals surface area (Å²) < 4.78 is 0. The average Bonchev–Trinajstić information content (AvgIpc) is 2.95. The minimum absolute atomic E-state index is 0.0524. The monoisotopic (exact) mass is 384 g/mol. The van der Waals surface area contributed by atoms with Crippen LogP contribution in [0.1, 0.15) is 50.5 Å². The first-order chi connectivity index (χ1) is 13.0. The summed E-state index contributed by atoms with van der Waals surface area (Å²) in [6.07, 6.45) is 8.84. The van der Waals surface area contributed by atoms with E-state index in [9.17, 15) is 9.59 Å². The van der Waals surface area contributed by atoms with Gasteiger partial charge >= 0.3 is 6.03 Å². The second-order valence-electron chi connectivity index (χ2n) is 9.28. The van der Waals surface area contributed by atoms with Gasteiger partial charge in [0.1, 0.15) is 6.54 Å². The third-order valence-electron chi connectivity index (χ3n) is 7.41. The summed E-state index contributed by atoms with van der Waals surface area (Å²) in [5.41, 5.74) is 1.16. The molecule has 1 aromatic rings. The number of urea groups is 1. The quantitative estimate of drug-likeness (QED) is 0.613. The molecule has 6 rings (SSSR count). The predicted molar refractivity (Wildman–Crippen MR) is 107 cm³/mol. The highest BCUT2D eigenvalue weighted by Crippen LogP contribution is 2.58. The van der Waals surface area contributed by atoms with E-state index in [1.807, 2.05) is 23.1 Å². The Labute approximate surface area is 166 Å². The van der Waals surface area contributed by atoms with Gasteiger partial charge in [0.15, 0.2) is 0 Å². The zero-order valence-electron chi connectivity index (χ0n) is 15.7. The number of nitrogens with zero attached hydrogens (tertiary/aromatic N) is 2. The van der Waals surface area contributed by atoms with Gasteiger partial charge in [-0.1, -0.05) is 30.3 Å². The molecule has 4 aliphatic carbocycles. The van der Waals surface area contributed by atoms with E-state index in [1.54, 1.807) is 0 Å². The van der Waals surface area contributed by atoms with Crippen molar-refractivity contribution in [3.8, 4) is 0 Å². The standard InChI is InChI=1S/C22H28N2O2S/c25-19-14-23(22-11-16-8-17(12-22)10-18(9-16)13-22)21(26)24(19)20(27)7-6-15-4-2-1-3-5-15/h1-5,16-18,20,27H,6-14H2. The second-order valence-corrected chi connectivity index (χ2v) is 9.88. The maximum atomic E-state index is 13.3. The van der Waals surface area contributed by atoms with Crippen molar-refractivity contribution in [2.75, 3.05) is 6.54 Å². The van der Waals surface area contributed by atoms with E-state index < -0.39 is 0 Å². The minimum atomic E-state index is -0.343. The molecule has 27 heavy (non-hydrogen) atoms. The van der Waals surface area contributed by atoms with Crippen LogP contribution >= 0.6 is 12.6 Å². The third kappa shape index (κ3) is 2.98. The van der Waals surface area contributed by atoms with Gasteiger partial charge in [-0.05, 0) is 74.7 Å². The molecule has 1 unspecified atom stereocenters. The molecule has 4 saturated carbocycles. The topological polar surface area (TPSA) is 40.6 Å².